The Morgan fingerprint density at radius 1 is 0.750 bits per heavy atom. The summed E-state index contributed by atoms with van der Waals surface area (Å²) >= 11 is 0. The van der Waals surface area contributed by atoms with Crippen LogP contribution in [-0.2, 0) is 13.1 Å². The molecule has 4 rings (SSSR count). The van der Waals surface area contributed by atoms with Gasteiger partial charge in [0, 0.05) is 18.7 Å². The second kappa shape index (κ2) is 8.85. The average molecular weight is 370 g/mol. The van der Waals surface area contributed by atoms with Crippen LogP contribution in [0.25, 0.3) is 11.1 Å². The Morgan fingerprint density at radius 2 is 1.36 bits per heavy atom. The van der Waals surface area contributed by atoms with Gasteiger partial charge in [-0.1, -0.05) is 66.7 Å². The molecule has 3 nitrogen and oxygen atoms in total. The van der Waals surface area contributed by atoms with Gasteiger partial charge < -0.3 is 5.32 Å². The molecule has 0 atom stereocenters. The van der Waals surface area contributed by atoms with Crippen molar-refractivity contribution < 1.29 is 4.79 Å². The van der Waals surface area contributed by atoms with Crippen molar-refractivity contribution in [3.63, 3.8) is 0 Å². The van der Waals surface area contributed by atoms with E-state index in [2.05, 4.69) is 40.5 Å². The van der Waals surface area contributed by atoms with Crippen LogP contribution in [-0.4, -0.2) is 23.9 Å². The summed E-state index contributed by atoms with van der Waals surface area (Å²) in [4.78, 5) is 15.1. The number of hydrogen-bond acceptors (Lipinski definition) is 2. The molecule has 142 valence electrons. The zero-order valence-corrected chi connectivity index (χ0v) is 16.1. The van der Waals surface area contributed by atoms with E-state index >= 15 is 0 Å². The second-order valence-corrected chi connectivity index (χ2v) is 7.38. The fourth-order valence-electron chi connectivity index (χ4n) is 3.79. The van der Waals surface area contributed by atoms with E-state index in [1.54, 1.807) is 0 Å². The zero-order valence-electron chi connectivity index (χ0n) is 16.1. The fraction of sp³-hybridized carbons (Fsp3) is 0.240. The molecule has 0 unspecified atom stereocenters. The highest BCUT2D eigenvalue weighted by molar-refractivity contribution is 5.94. The summed E-state index contributed by atoms with van der Waals surface area (Å²) in [6, 6.07) is 26.4. The Bertz CT molecular complexity index is 913. The van der Waals surface area contributed by atoms with E-state index < -0.39 is 0 Å². The lowest BCUT2D eigenvalue weighted by Crippen LogP contribution is -2.25. The molecule has 0 bridgehead atoms. The highest BCUT2D eigenvalue weighted by atomic mass is 16.1. The lowest BCUT2D eigenvalue weighted by molar-refractivity contribution is 0.0951. The molecule has 3 aromatic rings. The van der Waals surface area contributed by atoms with Crippen molar-refractivity contribution in [2.45, 2.75) is 25.9 Å². The third-order valence-corrected chi connectivity index (χ3v) is 5.40. The molecule has 0 aromatic heterocycles. The first kappa shape index (κ1) is 18.5. The van der Waals surface area contributed by atoms with Crippen molar-refractivity contribution in [2.75, 3.05) is 13.1 Å². The van der Waals surface area contributed by atoms with E-state index in [1.807, 2.05) is 48.5 Å². The summed E-state index contributed by atoms with van der Waals surface area (Å²) < 4.78 is 0. The van der Waals surface area contributed by atoms with Crippen molar-refractivity contribution >= 4 is 5.91 Å². The number of nitrogens with zero attached hydrogens (tertiary/aromatic N) is 1. The van der Waals surface area contributed by atoms with Crippen LogP contribution >= 0.6 is 0 Å². The third kappa shape index (κ3) is 4.49. The predicted octanol–water partition coefficient (Wildman–Crippen LogP) is 4.88. The average Bonchev–Trinajstić information content (AvgIpc) is 3.27. The van der Waals surface area contributed by atoms with Gasteiger partial charge in [-0.2, -0.15) is 0 Å². The highest BCUT2D eigenvalue weighted by Crippen LogP contribution is 2.20. The van der Waals surface area contributed by atoms with Crippen LogP contribution in [0.15, 0.2) is 78.9 Å². The van der Waals surface area contributed by atoms with Crippen LogP contribution in [0.1, 0.15) is 34.3 Å². The number of benzene rings is 3. The molecule has 0 saturated carbocycles. The van der Waals surface area contributed by atoms with Crippen molar-refractivity contribution in [3.8, 4) is 11.1 Å². The number of likely N-dealkylation sites (tertiary alicyclic amines) is 1. The van der Waals surface area contributed by atoms with E-state index in [1.165, 1.54) is 37.1 Å². The minimum Gasteiger partial charge on any atom is -0.348 e. The Kier molecular flexibility index (Phi) is 5.83. The van der Waals surface area contributed by atoms with Gasteiger partial charge in [0.15, 0.2) is 0 Å². The zero-order chi connectivity index (χ0) is 19.2. The van der Waals surface area contributed by atoms with Gasteiger partial charge in [0.05, 0.1) is 0 Å². The van der Waals surface area contributed by atoms with E-state index in [4.69, 9.17) is 0 Å². The minimum atomic E-state index is -0.0319. The van der Waals surface area contributed by atoms with Crippen LogP contribution in [0.3, 0.4) is 0 Å². The molecular formula is C25H26N2O. The molecule has 1 saturated heterocycles. The first-order valence-electron chi connectivity index (χ1n) is 10.0. The number of rotatable bonds is 6. The standard InChI is InChI=1S/C25H26N2O/c28-25(22-14-12-21(13-15-22)20-8-2-1-3-9-20)26-18-23-10-4-5-11-24(23)19-27-16-6-7-17-27/h1-5,8-15H,6-7,16-19H2,(H,26,28). The summed E-state index contributed by atoms with van der Waals surface area (Å²) in [5.74, 6) is -0.0319. The van der Waals surface area contributed by atoms with Gasteiger partial charge in [-0.3, -0.25) is 9.69 Å². The minimum absolute atomic E-state index is 0.0319. The van der Waals surface area contributed by atoms with E-state index in [9.17, 15) is 4.79 Å². The normalized spacial score (nSPS) is 14.1. The highest BCUT2D eigenvalue weighted by Gasteiger charge is 2.14. The van der Waals surface area contributed by atoms with E-state index in [-0.39, 0.29) is 5.91 Å². The molecule has 1 aliphatic heterocycles. The molecule has 3 aromatic carbocycles. The van der Waals surface area contributed by atoms with Crippen molar-refractivity contribution in [1.29, 1.82) is 0 Å². The molecule has 1 N–H and O–H groups in total. The molecule has 0 spiro atoms. The summed E-state index contributed by atoms with van der Waals surface area (Å²) in [5, 5.41) is 3.08. The van der Waals surface area contributed by atoms with E-state index in [0.717, 1.165) is 17.7 Å². The SMILES string of the molecule is O=C(NCc1ccccc1CN1CCCC1)c1ccc(-c2ccccc2)cc1. The molecule has 3 heteroatoms. The third-order valence-electron chi connectivity index (χ3n) is 5.40. The first-order chi connectivity index (χ1) is 13.8. The monoisotopic (exact) mass is 370 g/mol. The van der Waals surface area contributed by atoms with Gasteiger partial charge in [-0.05, 0) is 60.3 Å². The van der Waals surface area contributed by atoms with Gasteiger partial charge in [-0.15, -0.1) is 0 Å². The molecule has 1 aliphatic rings. The van der Waals surface area contributed by atoms with Crippen molar-refractivity contribution in [2.24, 2.45) is 0 Å². The van der Waals surface area contributed by atoms with Gasteiger partial charge in [0.25, 0.3) is 5.91 Å². The maximum absolute atomic E-state index is 12.6. The Balaban J connectivity index is 1.39. The smallest absolute Gasteiger partial charge is 0.251 e. The topological polar surface area (TPSA) is 32.3 Å². The summed E-state index contributed by atoms with van der Waals surface area (Å²) in [5.41, 5.74) is 5.47. The number of carbonyl (C=O) groups is 1. The molecule has 1 amide bonds. The molecule has 0 aliphatic carbocycles. The van der Waals surface area contributed by atoms with Gasteiger partial charge in [0.1, 0.15) is 0 Å². The Hall–Kier alpha value is -2.91. The maximum Gasteiger partial charge on any atom is 0.251 e. The van der Waals surface area contributed by atoms with Gasteiger partial charge in [-0.25, -0.2) is 0 Å². The lowest BCUT2D eigenvalue weighted by Gasteiger charge is -2.17. The molecule has 28 heavy (non-hydrogen) atoms. The Morgan fingerprint density at radius 3 is 2.07 bits per heavy atom. The van der Waals surface area contributed by atoms with Gasteiger partial charge in [0.2, 0.25) is 0 Å². The van der Waals surface area contributed by atoms with E-state index in [0.29, 0.717) is 12.1 Å². The summed E-state index contributed by atoms with van der Waals surface area (Å²) in [6.45, 7) is 3.88. The molecular weight excluding hydrogens is 344 g/mol. The number of nitrogens with one attached hydrogen (secondary N) is 1. The lowest BCUT2D eigenvalue weighted by atomic mass is 10.0. The predicted molar refractivity (Wildman–Crippen MR) is 114 cm³/mol. The van der Waals surface area contributed by atoms with Crippen LogP contribution in [0.4, 0.5) is 0 Å². The van der Waals surface area contributed by atoms with Crippen LogP contribution < -0.4 is 5.32 Å². The molecule has 1 fully saturated rings. The molecule has 1 heterocycles. The van der Waals surface area contributed by atoms with Crippen LogP contribution in [0.2, 0.25) is 0 Å². The maximum atomic E-state index is 12.6. The second-order valence-electron chi connectivity index (χ2n) is 7.38. The van der Waals surface area contributed by atoms with Crippen LogP contribution in [0.5, 0.6) is 0 Å². The van der Waals surface area contributed by atoms with Gasteiger partial charge >= 0.3 is 0 Å². The number of carbonyl (C=O) groups excluding carboxylic acids is 1. The summed E-state index contributed by atoms with van der Waals surface area (Å²) in [6.07, 6.45) is 2.58. The van der Waals surface area contributed by atoms with Crippen LogP contribution in [0, 0.1) is 0 Å². The van der Waals surface area contributed by atoms with Crippen molar-refractivity contribution in [1.82, 2.24) is 10.2 Å². The quantitative estimate of drug-likeness (QED) is 0.671. The first-order valence-corrected chi connectivity index (χ1v) is 10.0. The summed E-state index contributed by atoms with van der Waals surface area (Å²) in [7, 11) is 0. The largest absolute Gasteiger partial charge is 0.348 e. The fourth-order valence-corrected chi connectivity index (χ4v) is 3.79. The Labute approximate surface area is 167 Å². The number of amides is 1. The van der Waals surface area contributed by atoms with Crippen molar-refractivity contribution in [3.05, 3.63) is 95.6 Å². The number of hydrogen-bond donors (Lipinski definition) is 1. The molecule has 0 radical (unpaired) electrons.